The van der Waals surface area contributed by atoms with Crippen LogP contribution in [0.5, 0.6) is 0 Å². The van der Waals surface area contributed by atoms with E-state index in [4.69, 9.17) is 5.73 Å². The second-order valence-electron chi connectivity index (χ2n) is 4.16. The minimum absolute atomic E-state index is 0.508. The molecule has 0 saturated carbocycles. The highest BCUT2D eigenvalue weighted by atomic mass is 32.1. The van der Waals surface area contributed by atoms with Crippen LogP contribution in [0.25, 0.3) is 0 Å². The normalized spacial score (nSPS) is 12.6. The van der Waals surface area contributed by atoms with Crippen LogP contribution in [0.1, 0.15) is 27.0 Å². The van der Waals surface area contributed by atoms with Crippen LogP contribution < -0.4 is 5.73 Å². The van der Waals surface area contributed by atoms with E-state index < -0.39 is 6.10 Å². The highest BCUT2D eigenvalue weighted by Crippen LogP contribution is 2.29. The van der Waals surface area contributed by atoms with Gasteiger partial charge in [0.1, 0.15) is 0 Å². The number of thiophene rings is 1. The predicted molar refractivity (Wildman–Crippen MR) is 71.1 cm³/mol. The molecule has 0 bridgehead atoms. The molecule has 3 nitrogen and oxygen atoms in total. The molecule has 2 rings (SSSR count). The van der Waals surface area contributed by atoms with Gasteiger partial charge in [0.25, 0.3) is 0 Å². The Labute approximate surface area is 105 Å². The van der Waals surface area contributed by atoms with Gasteiger partial charge in [-0.2, -0.15) is 0 Å². The number of hydrogen-bond donors (Lipinski definition) is 2. The fraction of sp³-hybridized carbons (Fsp3) is 0.308. The van der Waals surface area contributed by atoms with E-state index in [2.05, 4.69) is 4.98 Å². The monoisotopic (exact) mass is 248 g/mol. The van der Waals surface area contributed by atoms with Gasteiger partial charge in [0.15, 0.2) is 0 Å². The van der Waals surface area contributed by atoms with Crippen LogP contribution in [0.2, 0.25) is 0 Å². The summed E-state index contributed by atoms with van der Waals surface area (Å²) >= 11 is 1.71. The van der Waals surface area contributed by atoms with E-state index in [0.29, 0.717) is 12.1 Å². The van der Waals surface area contributed by atoms with E-state index in [1.165, 1.54) is 4.88 Å². The molecular weight excluding hydrogens is 232 g/mol. The first kappa shape index (κ1) is 12.1. The molecule has 0 amide bonds. The number of hydrogen-bond acceptors (Lipinski definition) is 4. The number of nitrogens with two attached hydrogens (primary N) is 1. The Bertz CT molecular complexity index is 522. The Morgan fingerprint density at radius 2 is 2.24 bits per heavy atom. The molecule has 0 spiro atoms. The van der Waals surface area contributed by atoms with Crippen molar-refractivity contribution in [2.45, 2.75) is 26.4 Å². The number of anilines is 1. The van der Waals surface area contributed by atoms with Crippen LogP contribution in [0.3, 0.4) is 0 Å². The summed E-state index contributed by atoms with van der Waals surface area (Å²) in [5.41, 5.74) is 8.41. The molecule has 0 radical (unpaired) electrons. The Morgan fingerprint density at radius 3 is 2.82 bits per heavy atom. The van der Waals surface area contributed by atoms with Crippen molar-refractivity contribution in [3.8, 4) is 0 Å². The quantitative estimate of drug-likeness (QED) is 0.877. The lowest BCUT2D eigenvalue weighted by Crippen LogP contribution is -2.04. The second kappa shape index (κ2) is 4.85. The van der Waals surface area contributed by atoms with Crippen LogP contribution in [0, 0.1) is 13.8 Å². The third kappa shape index (κ3) is 2.65. The first-order valence-corrected chi connectivity index (χ1v) is 6.33. The number of nitrogen functional groups attached to an aromatic ring is 1. The summed E-state index contributed by atoms with van der Waals surface area (Å²) in [6.07, 6.45) is 3.38. The molecule has 2 aromatic heterocycles. The van der Waals surface area contributed by atoms with Crippen molar-refractivity contribution in [3.63, 3.8) is 0 Å². The molecule has 0 aliphatic heterocycles. The maximum atomic E-state index is 10.2. The van der Waals surface area contributed by atoms with Crippen molar-refractivity contribution in [2.24, 2.45) is 0 Å². The number of pyridine rings is 1. The minimum atomic E-state index is -0.508. The molecule has 4 heteroatoms. The highest BCUT2D eigenvalue weighted by Gasteiger charge is 2.14. The van der Waals surface area contributed by atoms with E-state index >= 15 is 0 Å². The SMILES string of the molecule is Cc1cc(C(O)Cc2cnccc2N)c(C)s1. The van der Waals surface area contributed by atoms with Crippen molar-refractivity contribution in [1.82, 2.24) is 4.98 Å². The third-order valence-corrected chi connectivity index (χ3v) is 3.77. The van der Waals surface area contributed by atoms with Crippen molar-refractivity contribution in [2.75, 3.05) is 5.73 Å². The molecule has 0 aliphatic carbocycles. The number of aryl methyl sites for hydroxylation is 2. The lowest BCUT2D eigenvalue weighted by molar-refractivity contribution is 0.178. The van der Waals surface area contributed by atoms with Crippen molar-refractivity contribution in [1.29, 1.82) is 0 Å². The molecule has 2 heterocycles. The number of aliphatic hydroxyl groups excluding tert-OH is 1. The van der Waals surface area contributed by atoms with Gasteiger partial charge >= 0.3 is 0 Å². The van der Waals surface area contributed by atoms with Crippen LogP contribution in [-0.2, 0) is 6.42 Å². The average molecular weight is 248 g/mol. The van der Waals surface area contributed by atoms with E-state index in [1.54, 1.807) is 29.8 Å². The molecule has 17 heavy (non-hydrogen) atoms. The van der Waals surface area contributed by atoms with E-state index in [9.17, 15) is 5.11 Å². The van der Waals surface area contributed by atoms with Crippen LogP contribution in [0.4, 0.5) is 5.69 Å². The zero-order chi connectivity index (χ0) is 12.4. The Morgan fingerprint density at radius 1 is 1.47 bits per heavy atom. The standard InChI is InChI=1S/C13H16N2OS/c1-8-5-11(9(2)17-8)13(16)6-10-7-15-4-3-12(10)14/h3-5,7,13,16H,6H2,1-2H3,(H2,14,15). The van der Waals surface area contributed by atoms with Crippen LogP contribution in [0.15, 0.2) is 24.5 Å². The molecule has 1 unspecified atom stereocenters. The smallest absolute Gasteiger partial charge is 0.0842 e. The summed E-state index contributed by atoms with van der Waals surface area (Å²) in [5.74, 6) is 0. The van der Waals surface area contributed by atoms with Crippen molar-refractivity contribution < 1.29 is 5.11 Å². The Balaban J connectivity index is 2.20. The summed E-state index contributed by atoms with van der Waals surface area (Å²) in [6, 6.07) is 3.80. The van der Waals surface area contributed by atoms with Gasteiger partial charge in [-0.1, -0.05) is 0 Å². The van der Waals surface area contributed by atoms with E-state index in [1.807, 2.05) is 19.9 Å². The molecule has 0 saturated heterocycles. The largest absolute Gasteiger partial charge is 0.398 e. The maximum Gasteiger partial charge on any atom is 0.0842 e. The molecule has 90 valence electrons. The van der Waals surface area contributed by atoms with Gasteiger partial charge in [-0.05, 0) is 37.1 Å². The molecule has 2 aromatic rings. The molecule has 3 N–H and O–H groups in total. The highest BCUT2D eigenvalue weighted by molar-refractivity contribution is 7.12. The summed E-state index contributed by atoms with van der Waals surface area (Å²) in [4.78, 5) is 6.41. The van der Waals surface area contributed by atoms with Gasteiger partial charge in [-0.25, -0.2) is 0 Å². The second-order valence-corrected chi connectivity index (χ2v) is 5.62. The average Bonchev–Trinajstić information content (AvgIpc) is 2.61. The van der Waals surface area contributed by atoms with Gasteiger partial charge < -0.3 is 10.8 Å². The minimum Gasteiger partial charge on any atom is -0.398 e. The third-order valence-electron chi connectivity index (χ3n) is 2.79. The summed E-state index contributed by atoms with van der Waals surface area (Å²) in [7, 11) is 0. The lowest BCUT2D eigenvalue weighted by Gasteiger charge is -2.11. The summed E-state index contributed by atoms with van der Waals surface area (Å²) < 4.78 is 0. The van der Waals surface area contributed by atoms with Gasteiger partial charge in [0, 0.05) is 34.3 Å². The van der Waals surface area contributed by atoms with Gasteiger partial charge in [-0.15, -0.1) is 11.3 Å². The predicted octanol–water partition coefficient (Wildman–Crippen LogP) is 2.62. The van der Waals surface area contributed by atoms with Gasteiger partial charge in [0.2, 0.25) is 0 Å². The molecular formula is C13H16N2OS. The fourth-order valence-corrected chi connectivity index (χ4v) is 2.89. The van der Waals surface area contributed by atoms with Crippen LogP contribution >= 0.6 is 11.3 Å². The maximum absolute atomic E-state index is 10.2. The lowest BCUT2D eigenvalue weighted by atomic mass is 10.0. The summed E-state index contributed by atoms with van der Waals surface area (Å²) in [5, 5.41) is 10.2. The number of nitrogens with zero attached hydrogens (tertiary/aromatic N) is 1. The zero-order valence-electron chi connectivity index (χ0n) is 9.97. The molecule has 1 atom stereocenters. The first-order chi connectivity index (χ1) is 8.08. The van der Waals surface area contributed by atoms with E-state index in [0.717, 1.165) is 16.0 Å². The number of rotatable bonds is 3. The van der Waals surface area contributed by atoms with Gasteiger partial charge in [0.05, 0.1) is 6.10 Å². The topological polar surface area (TPSA) is 59.1 Å². The van der Waals surface area contributed by atoms with E-state index in [-0.39, 0.29) is 0 Å². The number of aliphatic hydroxyl groups is 1. The molecule has 0 aromatic carbocycles. The Kier molecular flexibility index (Phi) is 3.45. The van der Waals surface area contributed by atoms with Crippen molar-refractivity contribution >= 4 is 17.0 Å². The fourth-order valence-electron chi connectivity index (χ4n) is 1.91. The Hall–Kier alpha value is -1.39. The van der Waals surface area contributed by atoms with Crippen molar-refractivity contribution in [3.05, 3.63) is 45.4 Å². The first-order valence-electron chi connectivity index (χ1n) is 5.51. The van der Waals surface area contributed by atoms with Gasteiger partial charge in [-0.3, -0.25) is 4.98 Å². The van der Waals surface area contributed by atoms with Crippen LogP contribution in [-0.4, -0.2) is 10.1 Å². The number of aromatic nitrogens is 1. The zero-order valence-corrected chi connectivity index (χ0v) is 10.8. The molecule has 0 fully saturated rings. The summed E-state index contributed by atoms with van der Waals surface area (Å²) in [6.45, 7) is 4.08. The molecule has 0 aliphatic rings.